The van der Waals surface area contributed by atoms with Crippen LogP contribution in [-0.2, 0) is 0 Å². The predicted molar refractivity (Wildman–Crippen MR) is 92.4 cm³/mol. The molecular formula is C18H22FN3O3. The van der Waals surface area contributed by atoms with Gasteiger partial charge in [-0.2, -0.15) is 0 Å². The van der Waals surface area contributed by atoms with Crippen LogP contribution >= 0.6 is 0 Å². The number of hydrogen-bond donors (Lipinski definition) is 3. The first-order valence-electron chi connectivity index (χ1n) is 8.04. The lowest BCUT2D eigenvalue weighted by molar-refractivity contribution is 0.0951. The van der Waals surface area contributed by atoms with E-state index in [1.165, 1.54) is 19.2 Å². The molecule has 3 N–H and O–H groups in total. The van der Waals surface area contributed by atoms with E-state index in [1.807, 2.05) is 0 Å². The second kappa shape index (κ2) is 7.83. The van der Waals surface area contributed by atoms with E-state index in [2.05, 4.69) is 15.6 Å². The van der Waals surface area contributed by atoms with Crippen molar-refractivity contribution in [2.24, 2.45) is 0 Å². The zero-order valence-corrected chi connectivity index (χ0v) is 14.7. The molecule has 0 aliphatic rings. The van der Waals surface area contributed by atoms with E-state index in [0.29, 0.717) is 12.1 Å². The first-order valence-corrected chi connectivity index (χ1v) is 8.04. The van der Waals surface area contributed by atoms with Crippen molar-refractivity contribution >= 4 is 11.8 Å². The van der Waals surface area contributed by atoms with Gasteiger partial charge in [0.05, 0.1) is 0 Å². The average Bonchev–Trinajstić information content (AvgIpc) is 2.98. The number of aromatic amines is 1. The third-order valence-corrected chi connectivity index (χ3v) is 3.80. The SMILES string of the molecule is CCNC(=O)c1cc(OC(C)c2c(C)cccc2F)c(C(=O)NC)[nH]1. The molecule has 2 amide bonds. The van der Waals surface area contributed by atoms with Crippen LogP contribution < -0.4 is 15.4 Å². The number of halogens is 1. The number of nitrogens with one attached hydrogen (secondary N) is 3. The van der Waals surface area contributed by atoms with E-state index in [-0.39, 0.29) is 28.9 Å². The summed E-state index contributed by atoms with van der Waals surface area (Å²) in [5.74, 6) is -0.968. The summed E-state index contributed by atoms with van der Waals surface area (Å²) in [7, 11) is 1.48. The predicted octanol–water partition coefficient (Wildman–Crippen LogP) is 2.71. The number of rotatable bonds is 6. The molecule has 6 nitrogen and oxygen atoms in total. The Morgan fingerprint density at radius 1 is 1.32 bits per heavy atom. The van der Waals surface area contributed by atoms with Gasteiger partial charge >= 0.3 is 0 Å². The molecule has 0 aliphatic heterocycles. The molecule has 0 fully saturated rings. The summed E-state index contributed by atoms with van der Waals surface area (Å²) in [4.78, 5) is 26.8. The number of amides is 2. The van der Waals surface area contributed by atoms with E-state index in [4.69, 9.17) is 4.74 Å². The molecule has 134 valence electrons. The number of hydrogen-bond acceptors (Lipinski definition) is 3. The Kier molecular flexibility index (Phi) is 5.80. The Labute approximate surface area is 145 Å². The molecule has 2 rings (SSSR count). The summed E-state index contributed by atoms with van der Waals surface area (Å²) >= 11 is 0. The molecule has 0 spiro atoms. The van der Waals surface area contributed by atoms with Crippen LogP contribution in [0.5, 0.6) is 5.75 Å². The topological polar surface area (TPSA) is 83.2 Å². The maximum Gasteiger partial charge on any atom is 0.271 e. The number of carbonyl (C=O) groups is 2. The number of aryl methyl sites for hydroxylation is 1. The maximum absolute atomic E-state index is 14.1. The molecule has 1 heterocycles. The van der Waals surface area contributed by atoms with E-state index in [0.717, 1.165) is 5.56 Å². The highest BCUT2D eigenvalue weighted by Gasteiger charge is 2.23. The van der Waals surface area contributed by atoms with E-state index >= 15 is 0 Å². The second-order valence-electron chi connectivity index (χ2n) is 5.59. The van der Waals surface area contributed by atoms with Crippen molar-refractivity contribution in [3.8, 4) is 5.75 Å². The van der Waals surface area contributed by atoms with Gasteiger partial charge in [-0.1, -0.05) is 12.1 Å². The molecule has 1 aromatic heterocycles. The van der Waals surface area contributed by atoms with E-state index < -0.39 is 12.0 Å². The van der Waals surface area contributed by atoms with Crippen molar-refractivity contribution in [3.05, 3.63) is 52.6 Å². The zero-order valence-electron chi connectivity index (χ0n) is 14.7. The second-order valence-corrected chi connectivity index (χ2v) is 5.59. The Balaban J connectivity index is 2.37. The minimum Gasteiger partial charge on any atom is -0.483 e. The van der Waals surface area contributed by atoms with Gasteiger partial charge in [-0.25, -0.2) is 4.39 Å². The molecule has 0 aliphatic carbocycles. The van der Waals surface area contributed by atoms with Gasteiger partial charge in [0.15, 0.2) is 5.75 Å². The minimum atomic E-state index is -0.637. The molecular weight excluding hydrogens is 325 g/mol. The Hall–Kier alpha value is -2.83. The lowest BCUT2D eigenvalue weighted by atomic mass is 10.0. The Bertz CT molecular complexity index is 766. The largest absolute Gasteiger partial charge is 0.483 e. The van der Waals surface area contributed by atoms with Crippen LogP contribution in [0.1, 0.15) is 52.1 Å². The quantitative estimate of drug-likeness (QED) is 0.751. The van der Waals surface area contributed by atoms with Crippen LogP contribution in [0.4, 0.5) is 4.39 Å². The monoisotopic (exact) mass is 347 g/mol. The van der Waals surface area contributed by atoms with Crippen molar-refractivity contribution < 1.29 is 18.7 Å². The van der Waals surface area contributed by atoms with E-state index in [9.17, 15) is 14.0 Å². The average molecular weight is 347 g/mol. The number of aromatic nitrogens is 1. The van der Waals surface area contributed by atoms with Crippen LogP contribution in [0.3, 0.4) is 0 Å². The molecule has 0 saturated carbocycles. The fourth-order valence-corrected chi connectivity index (χ4v) is 2.61. The minimum absolute atomic E-state index is 0.115. The van der Waals surface area contributed by atoms with Gasteiger partial charge in [0.25, 0.3) is 11.8 Å². The summed E-state index contributed by atoms with van der Waals surface area (Å²) in [5, 5.41) is 5.13. The smallest absolute Gasteiger partial charge is 0.271 e. The Morgan fingerprint density at radius 3 is 2.64 bits per heavy atom. The van der Waals surface area contributed by atoms with Gasteiger partial charge < -0.3 is 20.4 Å². The highest BCUT2D eigenvalue weighted by atomic mass is 19.1. The van der Waals surface area contributed by atoms with Gasteiger partial charge in [0, 0.05) is 25.2 Å². The van der Waals surface area contributed by atoms with Crippen molar-refractivity contribution in [2.45, 2.75) is 26.9 Å². The van der Waals surface area contributed by atoms with Gasteiger partial charge in [-0.3, -0.25) is 9.59 Å². The van der Waals surface area contributed by atoms with Crippen molar-refractivity contribution in [1.29, 1.82) is 0 Å². The zero-order chi connectivity index (χ0) is 18.6. The molecule has 25 heavy (non-hydrogen) atoms. The van der Waals surface area contributed by atoms with Gasteiger partial charge in [-0.15, -0.1) is 0 Å². The summed E-state index contributed by atoms with van der Waals surface area (Å²) in [5.41, 5.74) is 1.47. The van der Waals surface area contributed by atoms with E-state index in [1.54, 1.807) is 32.9 Å². The van der Waals surface area contributed by atoms with Crippen molar-refractivity contribution in [1.82, 2.24) is 15.6 Å². The molecule has 1 aromatic carbocycles. The molecule has 2 aromatic rings. The molecule has 1 unspecified atom stereocenters. The van der Waals surface area contributed by atoms with Crippen molar-refractivity contribution in [3.63, 3.8) is 0 Å². The van der Waals surface area contributed by atoms with Crippen LogP contribution in [0.25, 0.3) is 0 Å². The number of ether oxygens (including phenoxy) is 1. The number of benzene rings is 1. The fraction of sp³-hybridized carbons (Fsp3) is 0.333. The van der Waals surface area contributed by atoms with Gasteiger partial charge in [0.2, 0.25) is 0 Å². The number of H-pyrrole nitrogens is 1. The summed E-state index contributed by atoms with van der Waals surface area (Å²) in [6.45, 7) is 5.72. The first-order chi connectivity index (χ1) is 11.9. The first kappa shape index (κ1) is 18.5. The fourth-order valence-electron chi connectivity index (χ4n) is 2.61. The van der Waals surface area contributed by atoms with Crippen LogP contribution in [0.15, 0.2) is 24.3 Å². The Morgan fingerprint density at radius 2 is 2.04 bits per heavy atom. The standard InChI is InChI=1S/C18H22FN3O3/c1-5-21-17(23)13-9-14(16(22-13)18(24)20-4)25-11(3)15-10(2)7-6-8-12(15)19/h6-9,11,22H,5H2,1-4H3,(H,20,24)(H,21,23). The normalized spacial score (nSPS) is 11.7. The summed E-state index contributed by atoms with van der Waals surface area (Å²) in [6, 6.07) is 6.22. The summed E-state index contributed by atoms with van der Waals surface area (Å²) in [6.07, 6.45) is -0.637. The lowest BCUT2D eigenvalue weighted by Crippen LogP contribution is -2.23. The molecule has 1 atom stereocenters. The lowest BCUT2D eigenvalue weighted by Gasteiger charge is -2.17. The highest BCUT2D eigenvalue weighted by molar-refractivity contribution is 5.99. The molecule has 0 saturated heterocycles. The molecule has 0 bridgehead atoms. The molecule has 7 heteroatoms. The number of carbonyl (C=O) groups excluding carboxylic acids is 2. The molecule has 0 radical (unpaired) electrons. The van der Waals surface area contributed by atoms with Crippen LogP contribution in [0.2, 0.25) is 0 Å². The maximum atomic E-state index is 14.1. The van der Waals surface area contributed by atoms with Gasteiger partial charge in [0.1, 0.15) is 23.3 Å². The van der Waals surface area contributed by atoms with Gasteiger partial charge in [-0.05, 0) is 32.4 Å². The van der Waals surface area contributed by atoms with Crippen LogP contribution in [-0.4, -0.2) is 30.4 Å². The third kappa shape index (κ3) is 3.99. The highest BCUT2D eigenvalue weighted by Crippen LogP contribution is 2.29. The van der Waals surface area contributed by atoms with Crippen molar-refractivity contribution in [2.75, 3.05) is 13.6 Å². The summed E-state index contributed by atoms with van der Waals surface area (Å²) < 4.78 is 19.9. The third-order valence-electron chi connectivity index (χ3n) is 3.80. The van der Waals surface area contributed by atoms with Crippen LogP contribution in [0, 0.1) is 12.7 Å².